The summed E-state index contributed by atoms with van der Waals surface area (Å²) in [5, 5.41) is 6.56. The average molecular weight is 435 g/mol. The number of carbonyl (C=O) groups is 1. The molecule has 1 fully saturated rings. The molecular formula is C21H30N4O4S. The van der Waals surface area contributed by atoms with Crippen LogP contribution in [0.15, 0.2) is 39.8 Å². The van der Waals surface area contributed by atoms with E-state index in [1.807, 2.05) is 0 Å². The number of nitrogens with zero attached hydrogens (tertiary/aromatic N) is 3. The molecule has 0 bridgehead atoms. The number of hydrogen-bond acceptors (Lipinski definition) is 7. The fourth-order valence-corrected chi connectivity index (χ4v) is 4.87. The first kappa shape index (κ1) is 22.4. The van der Waals surface area contributed by atoms with E-state index in [1.165, 1.54) is 25.7 Å². The summed E-state index contributed by atoms with van der Waals surface area (Å²) in [5.74, 6) is -0.504. The Hall–Kier alpha value is -2.26. The van der Waals surface area contributed by atoms with E-state index in [0.29, 0.717) is 12.6 Å². The molecule has 8 nitrogen and oxygen atoms in total. The fourth-order valence-electron chi connectivity index (χ4n) is 3.61. The summed E-state index contributed by atoms with van der Waals surface area (Å²) in [7, 11) is -3.43. The Morgan fingerprint density at radius 1 is 1.17 bits per heavy atom. The number of rotatable bonds is 9. The molecule has 0 spiro atoms. The minimum atomic E-state index is -3.43. The van der Waals surface area contributed by atoms with Gasteiger partial charge in [0.2, 0.25) is 0 Å². The van der Waals surface area contributed by atoms with Crippen molar-refractivity contribution in [2.75, 3.05) is 25.4 Å². The lowest BCUT2D eigenvalue weighted by molar-refractivity contribution is 0.0904. The summed E-state index contributed by atoms with van der Waals surface area (Å²) in [4.78, 5) is 19.0. The summed E-state index contributed by atoms with van der Waals surface area (Å²) < 4.78 is 29.7. The quantitative estimate of drug-likeness (QED) is 0.646. The SMILES string of the molecule is C[C@@H](CCNC(=O)c1nc(CCS(=O)(=O)c2ccccc2)no1)N1CCCCCC1. The topological polar surface area (TPSA) is 105 Å². The molecule has 1 aromatic heterocycles. The van der Waals surface area contributed by atoms with Gasteiger partial charge in [-0.3, -0.25) is 4.79 Å². The zero-order valence-electron chi connectivity index (χ0n) is 17.4. The fraction of sp³-hybridized carbons (Fsp3) is 0.571. The molecule has 1 atom stereocenters. The zero-order chi connectivity index (χ0) is 21.4. The maximum Gasteiger partial charge on any atom is 0.315 e. The maximum absolute atomic E-state index is 12.3. The first-order valence-corrected chi connectivity index (χ1v) is 12.2. The van der Waals surface area contributed by atoms with Crippen molar-refractivity contribution < 1.29 is 17.7 Å². The van der Waals surface area contributed by atoms with Crippen molar-refractivity contribution in [1.29, 1.82) is 0 Å². The van der Waals surface area contributed by atoms with E-state index >= 15 is 0 Å². The third-order valence-electron chi connectivity index (χ3n) is 5.47. The zero-order valence-corrected chi connectivity index (χ0v) is 18.2. The van der Waals surface area contributed by atoms with E-state index in [2.05, 4.69) is 27.3 Å². The van der Waals surface area contributed by atoms with Crippen molar-refractivity contribution in [1.82, 2.24) is 20.4 Å². The van der Waals surface area contributed by atoms with Crippen LogP contribution in [0.5, 0.6) is 0 Å². The van der Waals surface area contributed by atoms with Gasteiger partial charge in [-0.15, -0.1) is 0 Å². The Balaban J connectivity index is 1.44. The van der Waals surface area contributed by atoms with Gasteiger partial charge in [0.1, 0.15) is 0 Å². The molecule has 0 aliphatic carbocycles. The Bertz CT molecular complexity index is 906. The first-order chi connectivity index (χ1) is 14.5. The molecule has 0 radical (unpaired) electrons. The van der Waals surface area contributed by atoms with Crippen molar-refractivity contribution >= 4 is 15.7 Å². The number of aryl methyl sites for hydroxylation is 1. The largest absolute Gasteiger partial charge is 0.348 e. The summed E-state index contributed by atoms with van der Waals surface area (Å²) >= 11 is 0. The van der Waals surface area contributed by atoms with Gasteiger partial charge in [-0.25, -0.2) is 8.42 Å². The molecule has 3 rings (SSSR count). The number of aromatic nitrogens is 2. The third-order valence-corrected chi connectivity index (χ3v) is 7.20. The molecule has 0 unspecified atom stereocenters. The molecule has 9 heteroatoms. The van der Waals surface area contributed by atoms with E-state index in [-0.39, 0.29) is 28.8 Å². The molecule has 2 heterocycles. The summed E-state index contributed by atoms with van der Waals surface area (Å²) in [6, 6.07) is 8.63. The highest BCUT2D eigenvalue weighted by atomic mass is 32.2. The molecule has 0 saturated carbocycles. The van der Waals surface area contributed by atoms with Crippen LogP contribution in [0.2, 0.25) is 0 Å². The molecule has 1 saturated heterocycles. The van der Waals surface area contributed by atoms with Crippen LogP contribution in [0.25, 0.3) is 0 Å². The monoisotopic (exact) mass is 434 g/mol. The number of sulfone groups is 1. The second-order valence-corrected chi connectivity index (χ2v) is 9.85. The Morgan fingerprint density at radius 2 is 1.87 bits per heavy atom. The van der Waals surface area contributed by atoms with Gasteiger partial charge in [0, 0.05) is 19.0 Å². The van der Waals surface area contributed by atoms with Crippen LogP contribution in [0.3, 0.4) is 0 Å². The molecule has 30 heavy (non-hydrogen) atoms. The van der Waals surface area contributed by atoms with Crippen LogP contribution in [-0.2, 0) is 16.3 Å². The van der Waals surface area contributed by atoms with Crippen LogP contribution in [-0.4, -0.2) is 60.8 Å². The van der Waals surface area contributed by atoms with Crippen LogP contribution >= 0.6 is 0 Å². The molecular weight excluding hydrogens is 404 g/mol. The molecule has 1 N–H and O–H groups in total. The first-order valence-electron chi connectivity index (χ1n) is 10.6. The number of amides is 1. The number of benzene rings is 1. The lowest BCUT2D eigenvalue weighted by Crippen LogP contribution is -2.37. The average Bonchev–Trinajstić information content (AvgIpc) is 3.06. The van der Waals surface area contributed by atoms with Crippen molar-refractivity contribution in [2.24, 2.45) is 0 Å². The minimum Gasteiger partial charge on any atom is -0.348 e. The highest BCUT2D eigenvalue weighted by Crippen LogP contribution is 2.14. The van der Waals surface area contributed by atoms with Gasteiger partial charge in [-0.05, 0) is 51.4 Å². The van der Waals surface area contributed by atoms with Crippen molar-refractivity contribution in [3.8, 4) is 0 Å². The van der Waals surface area contributed by atoms with Crippen LogP contribution in [0.4, 0.5) is 0 Å². The number of hydrogen-bond donors (Lipinski definition) is 1. The van der Waals surface area contributed by atoms with Gasteiger partial charge in [0.25, 0.3) is 0 Å². The molecule has 1 amide bonds. The summed E-state index contributed by atoms with van der Waals surface area (Å²) in [5.41, 5.74) is 0. The maximum atomic E-state index is 12.3. The molecule has 164 valence electrons. The number of likely N-dealkylation sites (tertiary alicyclic amines) is 1. The lowest BCUT2D eigenvalue weighted by atomic mass is 10.2. The molecule has 2 aromatic rings. The molecule has 1 aromatic carbocycles. The van der Waals surface area contributed by atoms with Gasteiger partial charge >= 0.3 is 11.8 Å². The van der Waals surface area contributed by atoms with E-state index in [4.69, 9.17) is 4.52 Å². The normalized spacial score (nSPS) is 16.7. The predicted octanol–water partition coefficient (Wildman–Crippen LogP) is 2.47. The van der Waals surface area contributed by atoms with Crippen molar-refractivity contribution in [2.45, 2.75) is 56.4 Å². The Kier molecular flexibility index (Phi) is 7.98. The van der Waals surface area contributed by atoms with Gasteiger partial charge in [0.05, 0.1) is 10.6 Å². The van der Waals surface area contributed by atoms with Gasteiger partial charge in [0.15, 0.2) is 15.7 Å². The van der Waals surface area contributed by atoms with E-state index in [1.54, 1.807) is 30.3 Å². The summed E-state index contributed by atoms with van der Waals surface area (Å²) in [6.07, 6.45) is 6.00. The van der Waals surface area contributed by atoms with Crippen LogP contribution in [0, 0.1) is 0 Å². The van der Waals surface area contributed by atoms with Crippen molar-refractivity contribution in [3.63, 3.8) is 0 Å². The van der Waals surface area contributed by atoms with Gasteiger partial charge < -0.3 is 14.7 Å². The standard InChI is InChI=1S/C21H30N4O4S/c1-17(25-14-7-2-3-8-15-25)11-13-22-20(26)21-23-19(24-29-21)12-16-30(27,28)18-9-5-4-6-10-18/h4-6,9-10,17H,2-3,7-8,11-16H2,1H3,(H,22,26)/t17-/m0/s1. The molecule has 1 aliphatic rings. The third kappa shape index (κ3) is 6.37. The van der Waals surface area contributed by atoms with E-state index in [9.17, 15) is 13.2 Å². The van der Waals surface area contributed by atoms with Gasteiger partial charge in [-0.2, -0.15) is 4.98 Å². The van der Waals surface area contributed by atoms with E-state index < -0.39 is 15.7 Å². The number of carbonyl (C=O) groups excluding carboxylic acids is 1. The molecule has 1 aliphatic heterocycles. The Morgan fingerprint density at radius 3 is 2.57 bits per heavy atom. The minimum absolute atomic E-state index is 0.0833. The van der Waals surface area contributed by atoms with Gasteiger partial charge in [-0.1, -0.05) is 36.2 Å². The van der Waals surface area contributed by atoms with E-state index in [0.717, 1.165) is 19.5 Å². The van der Waals surface area contributed by atoms with Crippen LogP contribution in [0.1, 0.15) is 55.5 Å². The highest BCUT2D eigenvalue weighted by molar-refractivity contribution is 7.91. The van der Waals surface area contributed by atoms with Crippen LogP contribution < -0.4 is 5.32 Å². The summed E-state index contributed by atoms with van der Waals surface area (Å²) in [6.45, 7) is 4.95. The smallest absolute Gasteiger partial charge is 0.315 e. The Labute approximate surface area is 178 Å². The highest BCUT2D eigenvalue weighted by Gasteiger charge is 2.20. The second kappa shape index (κ2) is 10.7. The lowest BCUT2D eigenvalue weighted by Gasteiger charge is -2.27. The second-order valence-electron chi connectivity index (χ2n) is 7.74. The van der Waals surface area contributed by atoms with Crippen molar-refractivity contribution in [3.05, 3.63) is 42.0 Å². The number of nitrogens with one attached hydrogen (secondary N) is 1. The predicted molar refractivity (Wildman–Crippen MR) is 113 cm³/mol.